The molecule has 1 fully saturated rings. The first-order valence-corrected chi connectivity index (χ1v) is 9.45. The Balaban J connectivity index is 1.80. The van der Waals surface area contributed by atoms with Gasteiger partial charge >= 0.3 is 0 Å². The van der Waals surface area contributed by atoms with Crippen molar-refractivity contribution in [2.75, 3.05) is 26.7 Å². The first-order valence-electron chi connectivity index (χ1n) is 9.45. The largest absolute Gasteiger partial charge is 0.497 e. The number of hydrogen-bond donors (Lipinski definition) is 1. The van der Waals surface area contributed by atoms with Gasteiger partial charge in [0, 0.05) is 31.6 Å². The summed E-state index contributed by atoms with van der Waals surface area (Å²) < 4.78 is 5.23. The van der Waals surface area contributed by atoms with Gasteiger partial charge in [0.25, 0.3) is 0 Å². The van der Waals surface area contributed by atoms with Crippen LogP contribution in [0.4, 0.5) is 0 Å². The molecule has 1 aromatic rings. The molecular formula is C21H34N2O2. The summed E-state index contributed by atoms with van der Waals surface area (Å²) in [6, 6.07) is 7.92. The number of hydrogen-bond acceptors (Lipinski definition) is 3. The van der Waals surface area contributed by atoms with E-state index < -0.39 is 0 Å². The molecule has 2 rings (SSSR count). The lowest BCUT2D eigenvalue weighted by Crippen LogP contribution is -2.56. The van der Waals surface area contributed by atoms with Crippen molar-refractivity contribution in [3.8, 4) is 5.75 Å². The Kier molecular flexibility index (Phi) is 6.88. The topological polar surface area (TPSA) is 41.6 Å². The quantitative estimate of drug-likeness (QED) is 0.821. The van der Waals surface area contributed by atoms with Crippen molar-refractivity contribution in [3.05, 3.63) is 29.8 Å². The van der Waals surface area contributed by atoms with Gasteiger partial charge in [-0.25, -0.2) is 0 Å². The lowest BCUT2D eigenvalue weighted by atomic mass is 9.88. The number of nitrogens with zero attached hydrogens (tertiary/aromatic N) is 1. The van der Waals surface area contributed by atoms with Crippen LogP contribution in [0.15, 0.2) is 24.3 Å². The molecule has 25 heavy (non-hydrogen) atoms. The molecule has 2 unspecified atom stereocenters. The molecular weight excluding hydrogens is 312 g/mol. The first-order chi connectivity index (χ1) is 11.8. The van der Waals surface area contributed by atoms with Crippen molar-refractivity contribution < 1.29 is 9.53 Å². The molecule has 0 saturated carbocycles. The van der Waals surface area contributed by atoms with E-state index in [0.717, 1.165) is 42.7 Å². The number of benzene rings is 1. The maximum Gasteiger partial charge on any atom is 0.220 e. The van der Waals surface area contributed by atoms with Gasteiger partial charge in [0.15, 0.2) is 0 Å². The predicted molar refractivity (Wildman–Crippen MR) is 103 cm³/mol. The summed E-state index contributed by atoms with van der Waals surface area (Å²) in [5.74, 6) is 2.42. The van der Waals surface area contributed by atoms with Gasteiger partial charge < -0.3 is 10.1 Å². The Bertz CT molecular complexity index is 561. The van der Waals surface area contributed by atoms with Crippen molar-refractivity contribution >= 4 is 5.91 Å². The monoisotopic (exact) mass is 346 g/mol. The summed E-state index contributed by atoms with van der Waals surface area (Å²) in [5.41, 5.74) is 1.13. The van der Waals surface area contributed by atoms with Crippen molar-refractivity contribution in [2.45, 2.75) is 52.5 Å². The molecule has 2 atom stereocenters. The van der Waals surface area contributed by atoms with Gasteiger partial charge in [-0.05, 0) is 56.2 Å². The summed E-state index contributed by atoms with van der Waals surface area (Å²) in [4.78, 5) is 14.8. The van der Waals surface area contributed by atoms with Gasteiger partial charge in [-0.2, -0.15) is 0 Å². The highest BCUT2D eigenvalue weighted by Gasteiger charge is 2.32. The van der Waals surface area contributed by atoms with E-state index in [1.54, 1.807) is 7.11 Å². The number of piperidine rings is 1. The maximum absolute atomic E-state index is 12.3. The number of carbonyl (C=O) groups excluding carboxylic acids is 1. The second-order valence-corrected chi connectivity index (χ2v) is 8.29. The summed E-state index contributed by atoms with van der Waals surface area (Å²) >= 11 is 0. The Morgan fingerprint density at radius 1 is 1.28 bits per heavy atom. The van der Waals surface area contributed by atoms with Crippen LogP contribution >= 0.6 is 0 Å². The fourth-order valence-electron chi connectivity index (χ4n) is 3.76. The molecule has 0 spiro atoms. The van der Waals surface area contributed by atoms with E-state index in [-0.39, 0.29) is 11.4 Å². The van der Waals surface area contributed by atoms with Crippen LogP contribution in [-0.4, -0.2) is 43.1 Å². The zero-order valence-corrected chi connectivity index (χ0v) is 16.5. The van der Waals surface area contributed by atoms with Crippen molar-refractivity contribution in [2.24, 2.45) is 11.8 Å². The third kappa shape index (κ3) is 6.03. The molecule has 1 aliphatic heterocycles. The third-order valence-corrected chi connectivity index (χ3v) is 5.22. The van der Waals surface area contributed by atoms with E-state index in [9.17, 15) is 4.79 Å². The average Bonchev–Trinajstić information content (AvgIpc) is 2.57. The minimum atomic E-state index is -0.00539. The molecule has 4 heteroatoms. The Morgan fingerprint density at radius 3 is 2.60 bits per heavy atom. The zero-order chi connectivity index (χ0) is 18.4. The second kappa shape index (κ2) is 8.70. The molecule has 1 heterocycles. The van der Waals surface area contributed by atoms with Crippen LogP contribution < -0.4 is 10.1 Å². The van der Waals surface area contributed by atoms with Crippen LogP contribution in [-0.2, 0) is 11.2 Å². The molecule has 1 amide bonds. The van der Waals surface area contributed by atoms with Gasteiger partial charge in [0.05, 0.1) is 7.11 Å². The fourth-order valence-corrected chi connectivity index (χ4v) is 3.76. The highest BCUT2D eigenvalue weighted by atomic mass is 16.5. The number of ether oxygens (including phenoxy) is 1. The number of carbonyl (C=O) groups is 1. The third-order valence-electron chi connectivity index (χ3n) is 5.22. The molecule has 1 saturated heterocycles. The lowest BCUT2D eigenvalue weighted by Gasteiger charge is -2.45. The van der Waals surface area contributed by atoms with Crippen LogP contribution in [0.2, 0.25) is 0 Å². The summed E-state index contributed by atoms with van der Waals surface area (Å²) in [7, 11) is 1.66. The zero-order valence-electron chi connectivity index (χ0n) is 16.5. The first kappa shape index (κ1) is 19.8. The van der Waals surface area contributed by atoms with Gasteiger partial charge in [0.2, 0.25) is 5.91 Å². The van der Waals surface area contributed by atoms with Crippen molar-refractivity contribution in [1.29, 1.82) is 0 Å². The van der Waals surface area contributed by atoms with Crippen LogP contribution in [0.3, 0.4) is 0 Å². The van der Waals surface area contributed by atoms with Crippen LogP contribution in [0.1, 0.15) is 46.1 Å². The fraction of sp³-hybridized carbons (Fsp3) is 0.667. The minimum absolute atomic E-state index is 0.00539. The van der Waals surface area contributed by atoms with Crippen LogP contribution in [0.25, 0.3) is 0 Å². The lowest BCUT2D eigenvalue weighted by molar-refractivity contribution is -0.121. The number of nitrogens with one attached hydrogen (secondary N) is 1. The minimum Gasteiger partial charge on any atom is -0.497 e. The van der Waals surface area contributed by atoms with Gasteiger partial charge in [-0.15, -0.1) is 0 Å². The molecule has 140 valence electrons. The number of aryl methyl sites for hydroxylation is 1. The SMILES string of the molecule is COc1cccc(CCC(=O)NCC(C)(C)N2CC(C)CC(C)C2)c1. The highest BCUT2D eigenvalue weighted by molar-refractivity contribution is 5.76. The van der Waals surface area contributed by atoms with E-state index in [0.29, 0.717) is 13.0 Å². The van der Waals surface area contributed by atoms with E-state index in [1.807, 2.05) is 24.3 Å². The maximum atomic E-state index is 12.3. The van der Waals surface area contributed by atoms with Gasteiger partial charge in [-0.1, -0.05) is 26.0 Å². The molecule has 0 aromatic heterocycles. The summed E-state index contributed by atoms with van der Waals surface area (Å²) in [5, 5.41) is 3.14. The van der Waals surface area contributed by atoms with E-state index in [4.69, 9.17) is 4.74 Å². The predicted octanol–water partition coefficient (Wildman–Crippen LogP) is 3.50. The standard InChI is InChI=1S/C21H34N2O2/c1-16-11-17(2)14-23(13-16)21(3,4)15-22-20(24)10-9-18-7-6-8-19(12-18)25-5/h6-8,12,16-17H,9-11,13-15H2,1-5H3,(H,22,24). The number of likely N-dealkylation sites (tertiary alicyclic amines) is 1. The normalized spacial score (nSPS) is 21.8. The Labute approximate surface area is 152 Å². The number of amides is 1. The Hall–Kier alpha value is -1.55. The summed E-state index contributed by atoms with van der Waals surface area (Å²) in [6.07, 6.45) is 2.55. The highest BCUT2D eigenvalue weighted by Crippen LogP contribution is 2.26. The van der Waals surface area contributed by atoms with E-state index >= 15 is 0 Å². The van der Waals surface area contributed by atoms with E-state index in [1.165, 1.54) is 6.42 Å². The second-order valence-electron chi connectivity index (χ2n) is 8.29. The van der Waals surface area contributed by atoms with Crippen molar-refractivity contribution in [3.63, 3.8) is 0 Å². The molecule has 1 aliphatic rings. The Morgan fingerprint density at radius 2 is 1.96 bits per heavy atom. The molecule has 1 N–H and O–H groups in total. The molecule has 4 nitrogen and oxygen atoms in total. The molecule has 0 aliphatic carbocycles. The van der Waals surface area contributed by atoms with Crippen LogP contribution in [0.5, 0.6) is 5.75 Å². The number of methoxy groups -OCH3 is 1. The number of rotatable bonds is 7. The van der Waals surface area contributed by atoms with Gasteiger partial charge in [0.1, 0.15) is 5.75 Å². The van der Waals surface area contributed by atoms with Gasteiger partial charge in [-0.3, -0.25) is 9.69 Å². The molecule has 0 bridgehead atoms. The average molecular weight is 347 g/mol. The molecule has 0 radical (unpaired) electrons. The van der Waals surface area contributed by atoms with Crippen molar-refractivity contribution in [1.82, 2.24) is 10.2 Å². The molecule has 1 aromatic carbocycles. The smallest absolute Gasteiger partial charge is 0.220 e. The van der Waals surface area contributed by atoms with E-state index in [2.05, 4.69) is 37.9 Å². The van der Waals surface area contributed by atoms with Crippen LogP contribution in [0, 0.1) is 11.8 Å². The summed E-state index contributed by atoms with van der Waals surface area (Å²) in [6.45, 7) is 12.1.